The minimum Gasteiger partial charge on any atom is -0.267 e. The summed E-state index contributed by atoms with van der Waals surface area (Å²) in [6.07, 6.45) is 2.43. The van der Waals surface area contributed by atoms with Gasteiger partial charge in [-0.2, -0.15) is 5.10 Å². The Bertz CT molecular complexity index is 1440. The van der Waals surface area contributed by atoms with Gasteiger partial charge in [0, 0.05) is 22.9 Å². The van der Waals surface area contributed by atoms with Crippen LogP contribution in [0.4, 0.5) is 0 Å². The fraction of sp³-hybridized carbons (Fsp3) is 0.115. The molecule has 4 nitrogen and oxygen atoms in total. The van der Waals surface area contributed by atoms with Crippen molar-refractivity contribution in [2.75, 3.05) is 0 Å². The zero-order valence-electron chi connectivity index (χ0n) is 16.7. The Balaban J connectivity index is 1.52. The van der Waals surface area contributed by atoms with Crippen LogP contribution < -0.4 is 5.56 Å². The molecule has 4 heteroatoms. The lowest BCUT2D eigenvalue weighted by atomic mass is 9.99. The van der Waals surface area contributed by atoms with Crippen LogP contribution in [0.5, 0.6) is 0 Å². The van der Waals surface area contributed by atoms with Crippen LogP contribution >= 0.6 is 0 Å². The van der Waals surface area contributed by atoms with E-state index >= 15 is 0 Å². The van der Waals surface area contributed by atoms with Gasteiger partial charge in [-0.25, -0.2) is 4.68 Å². The van der Waals surface area contributed by atoms with Gasteiger partial charge in [-0.15, -0.1) is 0 Å². The summed E-state index contributed by atoms with van der Waals surface area (Å²) in [5.41, 5.74) is 5.02. The number of pyridine rings is 1. The third kappa shape index (κ3) is 3.37. The van der Waals surface area contributed by atoms with Crippen LogP contribution in [-0.2, 0) is 13.0 Å². The first kappa shape index (κ1) is 18.3. The molecule has 0 aliphatic carbocycles. The first-order chi connectivity index (χ1) is 14.7. The van der Waals surface area contributed by atoms with Crippen LogP contribution in [0.1, 0.15) is 11.3 Å². The maximum Gasteiger partial charge on any atom is 0.275 e. The molecule has 0 spiro atoms. The quantitative estimate of drug-likeness (QED) is 0.425. The van der Waals surface area contributed by atoms with E-state index in [9.17, 15) is 4.79 Å². The fourth-order valence-electron chi connectivity index (χ4n) is 3.91. The van der Waals surface area contributed by atoms with E-state index < -0.39 is 0 Å². The zero-order chi connectivity index (χ0) is 20.5. The van der Waals surface area contributed by atoms with Gasteiger partial charge >= 0.3 is 0 Å². The molecular weight excluding hydrogens is 370 g/mol. The minimum atomic E-state index is -0.0644. The van der Waals surface area contributed by atoms with Crippen LogP contribution in [0.25, 0.3) is 32.8 Å². The molecule has 0 N–H and O–H groups in total. The highest BCUT2D eigenvalue weighted by atomic mass is 16.1. The van der Waals surface area contributed by atoms with Gasteiger partial charge in [-0.1, -0.05) is 72.3 Å². The van der Waals surface area contributed by atoms with E-state index in [2.05, 4.69) is 30.2 Å². The first-order valence-electron chi connectivity index (χ1n) is 10.1. The van der Waals surface area contributed by atoms with Gasteiger partial charge in [0.2, 0.25) is 0 Å². The topological polar surface area (TPSA) is 47.8 Å². The van der Waals surface area contributed by atoms with E-state index in [4.69, 9.17) is 4.98 Å². The number of hydrogen-bond acceptors (Lipinski definition) is 3. The van der Waals surface area contributed by atoms with E-state index in [1.54, 1.807) is 10.9 Å². The summed E-state index contributed by atoms with van der Waals surface area (Å²) in [5.74, 6) is 0. The van der Waals surface area contributed by atoms with E-state index in [0.29, 0.717) is 18.4 Å². The summed E-state index contributed by atoms with van der Waals surface area (Å²) < 4.78 is 1.55. The molecule has 2 heterocycles. The largest absolute Gasteiger partial charge is 0.275 e. The second-order valence-electron chi connectivity index (χ2n) is 7.56. The number of aryl methyl sites for hydroxylation is 3. The molecule has 0 fully saturated rings. The van der Waals surface area contributed by atoms with Crippen LogP contribution in [0, 0.1) is 6.92 Å². The number of para-hydroxylation sites is 1. The van der Waals surface area contributed by atoms with Crippen LogP contribution in [0.15, 0.2) is 89.9 Å². The predicted molar refractivity (Wildman–Crippen MR) is 122 cm³/mol. The maximum absolute atomic E-state index is 13.3. The highest BCUT2D eigenvalue weighted by Gasteiger charge is 2.11. The van der Waals surface area contributed by atoms with E-state index in [1.165, 1.54) is 5.56 Å². The summed E-state index contributed by atoms with van der Waals surface area (Å²) in [4.78, 5) is 18.0. The Labute approximate surface area is 174 Å². The molecular formula is C26H21N3O. The number of benzene rings is 3. The summed E-state index contributed by atoms with van der Waals surface area (Å²) in [6, 6.07) is 26.3. The molecule has 0 atom stereocenters. The average Bonchev–Trinajstić information content (AvgIpc) is 2.78. The SMILES string of the molecule is Cc1cccc(-c2cccc3cnn(CCc4ccc5ccccc5n4)c(=O)c23)c1. The molecule has 0 radical (unpaired) electrons. The van der Waals surface area contributed by atoms with Crippen molar-refractivity contribution in [1.82, 2.24) is 14.8 Å². The van der Waals surface area contributed by atoms with E-state index in [0.717, 1.165) is 33.1 Å². The lowest BCUT2D eigenvalue weighted by Gasteiger charge is -2.10. The highest BCUT2D eigenvalue weighted by molar-refractivity contribution is 5.95. The smallest absolute Gasteiger partial charge is 0.267 e. The summed E-state index contributed by atoms with van der Waals surface area (Å²) in [6.45, 7) is 2.55. The standard InChI is InChI=1S/C26H21N3O/c1-18-6-4-8-20(16-18)23-10-5-9-21-17-27-29(26(30)25(21)23)15-14-22-13-12-19-7-2-3-11-24(19)28-22/h2-13,16-17H,14-15H2,1H3. The van der Waals surface area contributed by atoms with Gasteiger partial charge in [0.05, 0.1) is 23.6 Å². The Kier molecular flexibility index (Phi) is 4.60. The molecule has 2 aromatic heterocycles. The van der Waals surface area contributed by atoms with E-state index in [-0.39, 0.29) is 5.56 Å². The molecule has 30 heavy (non-hydrogen) atoms. The van der Waals surface area contributed by atoms with Crippen molar-refractivity contribution >= 4 is 21.7 Å². The second-order valence-corrected chi connectivity index (χ2v) is 7.56. The Morgan fingerprint density at radius 3 is 2.60 bits per heavy atom. The fourth-order valence-corrected chi connectivity index (χ4v) is 3.91. The van der Waals surface area contributed by atoms with Gasteiger partial charge in [-0.3, -0.25) is 9.78 Å². The first-order valence-corrected chi connectivity index (χ1v) is 10.1. The van der Waals surface area contributed by atoms with Gasteiger partial charge in [0.25, 0.3) is 5.56 Å². The van der Waals surface area contributed by atoms with Gasteiger partial charge in [0.1, 0.15) is 0 Å². The molecule has 0 aliphatic heterocycles. The third-order valence-electron chi connectivity index (χ3n) is 5.45. The second kappa shape index (κ2) is 7.56. The predicted octanol–water partition coefficient (Wildman–Crippen LogP) is 5.16. The molecule has 0 saturated carbocycles. The van der Waals surface area contributed by atoms with Crippen molar-refractivity contribution in [3.8, 4) is 11.1 Å². The van der Waals surface area contributed by atoms with E-state index in [1.807, 2.05) is 60.7 Å². The lowest BCUT2D eigenvalue weighted by molar-refractivity contribution is 0.580. The van der Waals surface area contributed by atoms with Crippen LogP contribution in [0.3, 0.4) is 0 Å². The molecule has 146 valence electrons. The highest BCUT2D eigenvalue weighted by Crippen LogP contribution is 2.26. The average molecular weight is 391 g/mol. The Morgan fingerprint density at radius 1 is 0.867 bits per heavy atom. The summed E-state index contributed by atoms with van der Waals surface area (Å²) in [5, 5.41) is 7.10. The molecule has 0 unspecified atom stereocenters. The summed E-state index contributed by atoms with van der Waals surface area (Å²) in [7, 11) is 0. The molecule has 0 aliphatic rings. The molecule has 5 rings (SSSR count). The molecule has 0 amide bonds. The number of rotatable bonds is 4. The van der Waals surface area contributed by atoms with Crippen molar-refractivity contribution in [2.24, 2.45) is 0 Å². The van der Waals surface area contributed by atoms with Crippen molar-refractivity contribution < 1.29 is 0 Å². The minimum absolute atomic E-state index is 0.0644. The maximum atomic E-state index is 13.3. The number of nitrogens with zero attached hydrogens (tertiary/aromatic N) is 3. The van der Waals surface area contributed by atoms with Gasteiger partial charge in [-0.05, 0) is 30.2 Å². The van der Waals surface area contributed by atoms with Crippen molar-refractivity contribution in [1.29, 1.82) is 0 Å². The van der Waals surface area contributed by atoms with Crippen LogP contribution in [-0.4, -0.2) is 14.8 Å². The Morgan fingerprint density at radius 2 is 1.70 bits per heavy atom. The molecule has 3 aromatic carbocycles. The van der Waals surface area contributed by atoms with Crippen molar-refractivity contribution in [3.63, 3.8) is 0 Å². The normalized spacial score (nSPS) is 11.2. The van der Waals surface area contributed by atoms with Crippen LogP contribution in [0.2, 0.25) is 0 Å². The van der Waals surface area contributed by atoms with Gasteiger partial charge < -0.3 is 0 Å². The lowest BCUT2D eigenvalue weighted by Crippen LogP contribution is -2.24. The third-order valence-corrected chi connectivity index (χ3v) is 5.45. The van der Waals surface area contributed by atoms with Gasteiger partial charge in [0.15, 0.2) is 0 Å². The Hall–Kier alpha value is -3.79. The zero-order valence-corrected chi connectivity index (χ0v) is 16.7. The van der Waals surface area contributed by atoms with Crippen molar-refractivity contribution in [2.45, 2.75) is 19.9 Å². The molecule has 5 aromatic rings. The number of aromatic nitrogens is 3. The number of hydrogen-bond donors (Lipinski definition) is 0. The number of fused-ring (bicyclic) bond motifs is 2. The monoisotopic (exact) mass is 391 g/mol. The molecule has 0 saturated heterocycles. The van der Waals surface area contributed by atoms with Crippen molar-refractivity contribution in [3.05, 3.63) is 107 Å². The molecule has 0 bridgehead atoms. The summed E-state index contributed by atoms with van der Waals surface area (Å²) >= 11 is 0.